The molecule has 0 aliphatic carbocycles. The largest absolute Gasteiger partial charge is 0.486 e. The van der Waals surface area contributed by atoms with Gasteiger partial charge in [-0.2, -0.15) is 4.31 Å². The van der Waals surface area contributed by atoms with Crippen LogP contribution in [0.1, 0.15) is 0 Å². The van der Waals surface area contributed by atoms with Crippen LogP contribution in [0, 0.1) is 0 Å². The molecule has 2 aromatic rings. The standard InChI is InChI=1S/C15H15ClN2O5S2/c1-18(25(20,21)15-5-4-13(16)24-15)9-14(19)17-10-2-3-11-12(8-10)23-7-6-22-11/h2-5,8H,6-7,9H2,1H3,(H,17,19). The van der Waals surface area contributed by atoms with E-state index in [1.54, 1.807) is 18.2 Å². The molecule has 25 heavy (non-hydrogen) atoms. The van der Waals surface area contributed by atoms with Crippen LogP contribution in [-0.2, 0) is 14.8 Å². The summed E-state index contributed by atoms with van der Waals surface area (Å²) >= 11 is 6.72. The molecule has 1 aliphatic rings. The predicted octanol–water partition coefficient (Wildman–Crippen LogP) is 2.43. The number of hydrogen-bond acceptors (Lipinski definition) is 6. The van der Waals surface area contributed by atoms with Crippen LogP contribution >= 0.6 is 22.9 Å². The first-order valence-electron chi connectivity index (χ1n) is 7.27. The number of fused-ring (bicyclic) bond motifs is 1. The molecule has 1 aromatic carbocycles. The third kappa shape index (κ3) is 4.06. The third-order valence-corrected chi connectivity index (χ3v) is 6.91. The van der Waals surface area contributed by atoms with Gasteiger partial charge in [0.05, 0.1) is 10.9 Å². The maximum atomic E-state index is 12.4. The maximum absolute atomic E-state index is 12.4. The Morgan fingerprint density at radius 1 is 1.24 bits per heavy atom. The van der Waals surface area contributed by atoms with E-state index >= 15 is 0 Å². The number of carbonyl (C=O) groups is 1. The van der Waals surface area contributed by atoms with E-state index in [0.717, 1.165) is 15.6 Å². The summed E-state index contributed by atoms with van der Waals surface area (Å²) in [5.41, 5.74) is 0.499. The number of halogens is 1. The molecule has 10 heteroatoms. The van der Waals surface area contributed by atoms with Crippen LogP contribution in [-0.4, -0.2) is 45.4 Å². The minimum Gasteiger partial charge on any atom is -0.486 e. The van der Waals surface area contributed by atoms with Crippen molar-refractivity contribution in [3.63, 3.8) is 0 Å². The van der Waals surface area contributed by atoms with Gasteiger partial charge in [0.15, 0.2) is 11.5 Å². The van der Waals surface area contributed by atoms with Gasteiger partial charge in [0.25, 0.3) is 10.0 Å². The van der Waals surface area contributed by atoms with Crippen molar-refractivity contribution in [1.29, 1.82) is 0 Å². The first-order valence-corrected chi connectivity index (χ1v) is 9.91. The summed E-state index contributed by atoms with van der Waals surface area (Å²) in [4.78, 5) is 12.2. The molecule has 0 radical (unpaired) electrons. The number of thiophene rings is 1. The average molecular weight is 403 g/mol. The Morgan fingerprint density at radius 3 is 2.64 bits per heavy atom. The zero-order valence-corrected chi connectivity index (χ0v) is 15.6. The molecular formula is C15H15ClN2O5S2. The number of anilines is 1. The van der Waals surface area contributed by atoms with Crippen LogP contribution in [0.5, 0.6) is 11.5 Å². The number of nitrogens with zero attached hydrogens (tertiary/aromatic N) is 1. The summed E-state index contributed by atoms with van der Waals surface area (Å²) in [6, 6.07) is 7.91. The minimum absolute atomic E-state index is 0.0899. The maximum Gasteiger partial charge on any atom is 0.252 e. The van der Waals surface area contributed by atoms with Crippen LogP contribution in [0.2, 0.25) is 4.34 Å². The van der Waals surface area contributed by atoms with E-state index in [4.69, 9.17) is 21.1 Å². The van der Waals surface area contributed by atoms with E-state index in [0.29, 0.717) is 34.7 Å². The Hall–Kier alpha value is -1.81. The van der Waals surface area contributed by atoms with Gasteiger partial charge in [0.2, 0.25) is 5.91 Å². The Morgan fingerprint density at radius 2 is 1.96 bits per heavy atom. The third-order valence-electron chi connectivity index (χ3n) is 3.41. The van der Waals surface area contributed by atoms with Gasteiger partial charge in [-0.05, 0) is 24.3 Å². The number of carbonyl (C=O) groups excluding carboxylic acids is 1. The lowest BCUT2D eigenvalue weighted by Gasteiger charge is -2.19. The number of nitrogens with one attached hydrogen (secondary N) is 1. The number of amides is 1. The molecule has 0 bridgehead atoms. The number of hydrogen-bond donors (Lipinski definition) is 1. The molecule has 1 aromatic heterocycles. The molecule has 0 fully saturated rings. The highest BCUT2D eigenvalue weighted by molar-refractivity contribution is 7.91. The number of benzene rings is 1. The summed E-state index contributed by atoms with van der Waals surface area (Å²) < 4.78 is 37.1. The molecule has 0 saturated carbocycles. The van der Waals surface area contributed by atoms with Gasteiger partial charge in [-0.25, -0.2) is 8.42 Å². The number of ether oxygens (including phenoxy) is 2. The van der Waals surface area contributed by atoms with Crippen molar-refractivity contribution < 1.29 is 22.7 Å². The second-order valence-corrected chi connectivity index (χ2v) is 9.21. The van der Waals surface area contributed by atoms with Crippen LogP contribution in [0.3, 0.4) is 0 Å². The van der Waals surface area contributed by atoms with Gasteiger partial charge >= 0.3 is 0 Å². The molecule has 1 N–H and O–H groups in total. The van der Waals surface area contributed by atoms with Crippen molar-refractivity contribution in [1.82, 2.24) is 4.31 Å². The zero-order chi connectivity index (χ0) is 18.0. The highest BCUT2D eigenvalue weighted by Gasteiger charge is 2.25. The lowest BCUT2D eigenvalue weighted by atomic mass is 10.2. The summed E-state index contributed by atoms with van der Waals surface area (Å²) in [6.45, 7) is 0.592. The Balaban J connectivity index is 1.66. The van der Waals surface area contributed by atoms with Crippen LogP contribution < -0.4 is 14.8 Å². The van der Waals surface area contributed by atoms with Gasteiger partial charge < -0.3 is 14.8 Å². The molecule has 134 valence electrons. The van der Waals surface area contributed by atoms with Gasteiger partial charge in [-0.15, -0.1) is 11.3 Å². The van der Waals surface area contributed by atoms with E-state index in [2.05, 4.69) is 5.32 Å². The molecule has 1 amide bonds. The van der Waals surface area contributed by atoms with Crippen molar-refractivity contribution in [2.75, 3.05) is 32.1 Å². The molecule has 0 unspecified atom stereocenters. The van der Waals surface area contributed by atoms with Crippen LogP contribution in [0.15, 0.2) is 34.5 Å². The van der Waals surface area contributed by atoms with Gasteiger partial charge in [-0.1, -0.05) is 11.6 Å². The fourth-order valence-corrected chi connectivity index (χ4v) is 5.02. The molecule has 1 aliphatic heterocycles. The van der Waals surface area contributed by atoms with E-state index in [9.17, 15) is 13.2 Å². The summed E-state index contributed by atoms with van der Waals surface area (Å²) in [7, 11) is -2.42. The highest BCUT2D eigenvalue weighted by atomic mass is 35.5. The normalized spacial score (nSPS) is 13.7. The molecule has 3 rings (SSSR count). The quantitative estimate of drug-likeness (QED) is 0.830. The highest BCUT2D eigenvalue weighted by Crippen LogP contribution is 2.32. The molecule has 2 heterocycles. The fourth-order valence-electron chi connectivity index (χ4n) is 2.20. The Kier molecular flexibility index (Phi) is 5.19. The molecular weight excluding hydrogens is 388 g/mol. The first-order chi connectivity index (χ1) is 11.9. The van der Waals surface area contributed by atoms with Crippen molar-refractivity contribution in [3.05, 3.63) is 34.7 Å². The SMILES string of the molecule is CN(CC(=O)Nc1ccc2c(c1)OCCO2)S(=O)(=O)c1ccc(Cl)s1. The number of rotatable bonds is 5. The van der Waals surface area contributed by atoms with Gasteiger partial charge in [0, 0.05) is 18.8 Å². The van der Waals surface area contributed by atoms with Crippen molar-refractivity contribution >= 4 is 44.6 Å². The summed E-state index contributed by atoms with van der Waals surface area (Å²) in [5.74, 6) is 0.683. The number of sulfonamides is 1. The van der Waals surface area contributed by atoms with E-state index < -0.39 is 15.9 Å². The molecule has 0 saturated heterocycles. The van der Waals surface area contributed by atoms with E-state index in [-0.39, 0.29) is 10.8 Å². The first kappa shape index (κ1) is 18.0. The van der Waals surface area contributed by atoms with Crippen molar-refractivity contribution in [3.8, 4) is 11.5 Å². The monoisotopic (exact) mass is 402 g/mol. The van der Waals surface area contributed by atoms with Crippen LogP contribution in [0.25, 0.3) is 0 Å². The van der Waals surface area contributed by atoms with Gasteiger partial charge in [0.1, 0.15) is 17.4 Å². The lowest BCUT2D eigenvalue weighted by molar-refractivity contribution is -0.116. The lowest BCUT2D eigenvalue weighted by Crippen LogP contribution is -2.34. The van der Waals surface area contributed by atoms with Crippen LogP contribution in [0.4, 0.5) is 5.69 Å². The summed E-state index contributed by atoms with van der Waals surface area (Å²) in [5, 5.41) is 2.65. The Labute approximate surface area is 154 Å². The smallest absolute Gasteiger partial charge is 0.252 e. The van der Waals surface area contributed by atoms with Crippen molar-refractivity contribution in [2.45, 2.75) is 4.21 Å². The fraction of sp³-hybridized carbons (Fsp3) is 0.267. The van der Waals surface area contributed by atoms with Crippen molar-refractivity contribution in [2.24, 2.45) is 0 Å². The number of likely N-dealkylation sites (N-methyl/N-ethyl adjacent to an activating group) is 1. The second-order valence-electron chi connectivity index (χ2n) is 5.23. The topological polar surface area (TPSA) is 84.9 Å². The molecule has 0 spiro atoms. The van der Waals surface area contributed by atoms with E-state index in [1.807, 2.05) is 0 Å². The predicted molar refractivity (Wildman–Crippen MR) is 95.2 cm³/mol. The van der Waals surface area contributed by atoms with Gasteiger partial charge in [-0.3, -0.25) is 4.79 Å². The Bertz CT molecular complexity index is 897. The average Bonchev–Trinajstić information content (AvgIpc) is 3.02. The second kappa shape index (κ2) is 7.20. The van der Waals surface area contributed by atoms with E-state index in [1.165, 1.54) is 19.2 Å². The molecule has 0 atom stereocenters. The summed E-state index contributed by atoms with van der Waals surface area (Å²) in [6.07, 6.45) is 0. The minimum atomic E-state index is -3.76. The zero-order valence-electron chi connectivity index (χ0n) is 13.2. The molecule has 7 nitrogen and oxygen atoms in total.